The minimum atomic E-state index is -0.0800. The third-order valence-corrected chi connectivity index (χ3v) is 4.55. The van der Waals surface area contributed by atoms with E-state index < -0.39 is 0 Å². The number of urea groups is 1. The van der Waals surface area contributed by atoms with Gasteiger partial charge in [0.2, 0.25) is 5.91 Å². The maximum absolute atomic E-state index is 12.4. The van der Waals surface area contributed by atoms with Crippen molar-refractivity contribution in [3.63, 3.8) is 0 Å². The largest absolute Gasteiger partial charge is 0.341 e. The molecule has 1 aromatic rings. The van der Waals surface area contributed by atoms with Gasteiger partial charge in [-0.3, -0.25) is 9.78 Å². The Hall–Kier alpha value is -2.11. The highest BCUT2D eigenvalue weighted by Gasteiger charge is 2.34. The second-order valence-corrected chi connectivity index (χ2v) is 6.40. The Morgan fingerprint density at radius 3 is 2.65 bits per heavy atom. The molecule has 3 amide bonds. The molecule has 0 aromatic carbocycles. The number of hydrogen-bond acceptors (Lipinski definition) is 3. The molecule has 1 aliphatic heterocycles. The van der Waals surface area contributed by atoms with Gasteiger partial charge in [0.05, 0.1) is 6.04 Å². The van der Waals surface area contributed by atoms with Crippen molar-refractivity contribution in [3.05, 3.63) is 30.1 Å². The molecule has 0 bridgehead atoms. The van der Waals surface area contributed by atoms with Crippen LogP contribution < -0.4 is 5.32 Å². The van der Waals surface area contributed by atoms with Crippen LogP contribution in [0.3, 0.4) is 0 Å². The second-order valence-electron chi connectivity index (χ2n) is 6.40. The number of pyridine rings is 1. The number of carbonyl (C=O) groups excluding carboxylic acids is 2. The van der Waals surface area contributed by atoms with Crippen LogP contribution in [0.5, 0.6) is 0 Å². The first-order valence-electron chi connectivity index (χ1n) is 8.39. The highest BCUT2D eigenvalue weighted by atomic mass is 16.2. The summed E-state index contributed by atoms with van der Waals surface area (Å²) in [5, 5.41) is 3.02. The Balaban J connectivity index is 1.52. The van der Waals surface area contributed by atoms with Crippen LogP contribution in [0.2, 0.25) is 0 Å². The summed E-state index contributed by atoms with van der Waals surface area (Å²) in [5.41, 5.74) is 0.987. The molecule has 1 N–H and O–H groups in total. The van der Waals surface area contributed by atoms with Crippen LogP contribution in [0.4, 0.5) is 4.79 Å². The SMILES string of the molecule is C[C@@H](NC(=O)N1CCCN(C(=O)C2CC2)CC1)c1cccnc1. The number of hydrogen-bond donors (Lipinski definition) is 1. The van der Waals surface area contributed by atoms with Crippen molar-refractivity contribution < 1.29 is 9.59 Å². The molecule has 3 rings (SSSR count). The van der Waals surface area contributed by atoms with Gasteiger partial charge in [0, 0.05) is 44.5 Å². The van der Waals surface area contributed by atoms with Crippen LogP contribution in [0.15, 0.2) is 24.5 Å². The lowest BCUT2D eigenvalue weighted by atomic mass is 10.1. The quantitative estimate of drug-likeness (QED) is 0.924. The van der Waals surface area contributed by atoms with Crippen LogP contribution in [0, 0.1) is 5.92 Å². The van der Waals surface area contributed by atoms with Gasteiger partial charge in [0.15, 0.2) is 0 Å². The normalized spacial score (nSPS) is 19.9. The molecule has 2 aliphatic rings. The molecule has 6 nitrogen and oxygen atoms in total. The van der Waals surface area contributed by atoms with Crippen LogP contribution in [-0.2, 0) is 4.79 Å². The predicted octanol–water partition coefficient (Wildman–Crippen LogP) is 1.80. The summed E-state index contributed by atoms with van der Waals surface area (Å²) in [6.07, 6.45) is 6.39. The fraction of sp³-hybridized carbons (Fsp3) is 0.588. The summed E-state index contributed by atoms with van der Waals surface area (Å²) in [7, 11) is 0. The maximum atomic E-state index is 12.4. The molecule has 1 saturated heterocycles. The topological polar surface area (TPSA) is 65.5 Å². The summed E-state index contributed by atoms with van der Waals surface area (Å²) in [4.78, 5) is 32.4. The Morgan fingerprint density at radius 2 is 1.96 bits per heavy atom. The highest BCUT2D eigenvalue weighted by molar-refractivity contribution is 5.81. The number of rotatable bonds is 3. The van der Waals surface area contributed by atoms with Gasteiger partial charge in [0.1, 0.15) is 0 Å². The lowest BCUT2D eigenvalue weighted by molar-refractivity contribution is -0.132. The zero-order valence-corrected chi connectivity index (χ0v) is 13.6. The Morgan fingerprint density at radius 1 is 1.22 bits per heavy atom. The lowest BCUT2D eigenvalue weighted by Gasteiger charge is -2.24. The van der Waals surface area contributed by atoms with Gasteiger partial charge in [-0.15, -0.1) is 0 Å². The van der Waals surface area contributed by atoms with E-state index in [4.69, 9.17) is 0 Å². The zero-order valence-electron chi connectivity index (χ0n) is 13.6. The van der Waals surface area contributed by atoms with E-state index in [1.54, 1.807) is 12.4 Å². The summed E-state index contributed by atoms with van der Waals surface area (Å²) < 4.78 is 0. The summed E-state index contributed by atoms with van der Waals surface area (Å²) in [6.45, 7) is 4.65. The molecule has 6 heteroatoms. The van der Waals surface area contributed by atoms with Crippen molar-refractivity contribution in [1.29, 1.82) is 0 Å². The van der Waals surface area contributed by atoms with Crippen molar-refractivity contribution in [2.45, 2.75) is 32.2 Å². The lowest BCUT2D eigenvalue weighted by Crippen LogP contribution is -2.43. The van der Waals surface area contributed by atoms with Crippen molar-refractivity contribution in [2.75, 3.05) is 26.2 Å². The predicted molar refractivity (Wildman–Crippen MR) is 86.7 cm³/mol. The van der Waals surface area contributed by atoms with Crippen LogP contribution in [-0.4, -0.2) is 52.9 Å². The van der Waals surface area contributed by atoms with Gasteiger partial charge < -0.3 is 15.1 Å². The van der Waals surface area contributed by atoms with Gasteiger partial charge >= 0.3 is 6.03 Å². The average Bonchev–Trinajstić information content (AvgIpc) is 3.41. The monoisotopic (exact) mass is 316 g/mol. The number of amides is 3. The van der Waals surface area contributed by atoms with Crippen molar-refractivity contribution in [3.8, 4) is 0 Å². The van der Waals surface area contributed by atoms with E-state index in [0.29, 0.717) is 19.6 Å². The van der Waals surface area contributed by atoms with Gasteiger partial charge in [-0.1, -0.05) is 6.07 Å². The van der Waals surface area contributed by atoms with Crippen molar-refractivity contribution in [1.82, 2.24) is 20.1 Å². The molecular formula is C17H24N4O2. The summed E-state index contributed by atoms with van der Waals surface area (Å²) >= 11 is 0. The summed E-state index contributed by atoms with van der Waals surface area (Å²) in [5.74, 6) is 0.525. The molecule has 2 fully saturated rings. The zero-order chi connectivity index (χ0) is 16.2. The molecule has 0 unspecified atom stereocenters. The molecule has 2 heterocycles. The van der Waals surface area contributed by atoms with E-state index in [-0.39, 0.29) is 23.9 Å². The number of aromatic nitrogens is 1. The minimum Gasteiger partial charge on any atom is -0.341 e. The highest BCUT2D eigenvalue weighted by Crippen LogP contribution is 2.31. The Bertz CT molecular complexity index is 559. The number of carbonyl (C=O) groups is 2. The van der Waals surface area contributed by atoms with Crippen molar-refractivity contribution in [2.24, 2.45) is 5.92 Å². The Kier molecular flexibility index (Phi) is 4.79. The molecule has 0 spiro atoms. The average molecular weight is 316 g/mol. The van der Waals surface area contributed by atoms with E-state index in [2.05, 4.69) is 10.3 Å². The standard InChI is InChI=1S/C17H24N4O2/c1-13(15-4-2-7-18-12-15)19-17(23)21-9-3-8-20(10-11-21)16(22)14-5-6-14/h2,4,7,12-14H,3,5-6,8-11H2,1H3,(H,19,23)/t13-/m1/s1. The van der Waals surface area contributed by atoms with Gasteiger partial charge in [0.25, 0.3) is 0 Å². The third kappa shape index (κ3) is 4.00. The molecule has 0 radical (unpaired) electrons. The van der Waals surface area contributed by atoms with Crippen LogP contribution in [0.1, 0.15) is 37.8 Å². The van der Waals surface area contributed by atoms with E-state index in [0.717, 1.165) is 31.4 Å². The van der Waals surface area contributed by atoms with Crippen LogP contribution in [0.25, 0.3) is 0 Å². The first-order chi connectivity index (χ1) is 11.1. The molecule has 1 aliphatic carbocycles. The third-order valence-electron chi connectivity index (χ3n) is 4.55. The van der Waals surface area contributed by atoms with E-state index in [9.17, 15) is 9.59 Å². The van der Waals surface area contributed by atoms with Crippen LogP contribution >= 0.6 is 0 Å². The number of nitrogens with one attached hydrogen (secondary N) is 1. The van der Waals surface area contributed by atoms with Gasteiger partial charge in [-0.25, -0.2) is 4.79 Å². The maximum Gasteiger partial charge on any atom is 0.317 e. The van der Waals surface area contributed by atoms with Gasteiger partial charge in [-0.2, -0.15) is 0 Å². The molecule has 124 valence electrons. The summed E-state index contributed by atoms with van der Waals surface area (Å²) in [6, 6.07) is 3.67. The van der Waals surface area contributed by atoms with Crippen molar-refractivity contribution >= 4 is 11.9 Å². The fourth-order valence-corrected chi connectivity index (χ4v) is 2.92. The van der Waals surface area contributed by atoms with E-state index in [1.165, 1.54) is 0 Å². The number of nitrogens with zero attached hydrogens (tertiary/aromatic N) is 3. The molecule has 1 aromatic heterocycles. The molecule has 1 saturated carbocycles. The smallest absolute Gasteiger partial charge is 0.317 e. The fourth-order valence-electron chi connectivity index (χ4n) is 2.92. The first kappa shape index (κ1) is 15.8. The second kappa shape index (κ2) is 6.98. The molecule has 23 heavy (non-hydrogen) atoms. The van der Waals surface area contributed by atoms with Gasteiger partial charge in [-0.05, 0) is 37.8 Å². The first-order valence-corrected chi connectivity index (χ1v) is 8.39. The molecular weight excluding hydrogens is 292 g/mol. The minimum absolute atomic E-state index is 0.0675. The molecule has 1 atom stereocenters. The van der Waals surface area contributed by atoms with E-state index in [1.807, 2.05) is 28.9 Å². The van der Waals surface area contributed by atoms with E-state index >= 15 is 0 Å². The Labute approximate surface area is 136 Å².